The summed E-state index contributed by atoms with van der Waals surface area (Å²) < 4.78 is 10.7. The van der Waals surface area contributed by atoms with Gasteiger partial charge in [-0.3, -0.25) is 14.6 Å². The van der Waals surface area contributed by atoms with Crippen LogP contribution in [0.1, 0.15) is 34.3 Å². The van der Waals surface area contributed by atoms with Crippen molar-refractivity contribution in [3.8, 4) is 11.5 Å². The lowest BCUT2D eigenvalue weighted by Gasteiger charge is -2.24. The lowest BCUT2D eigenvalue weighted by molar-refractivity contribution is -0.130. The second-order valence-electron chi connectivity index (χ2n) is 7.77. The molecule has 8 nitrogen and oxygen atoms in total. The van der Waals surface area contributed by atoms with Gasteiger partial charge in [-0.25, -0.2) is 5.01 Å². The number of nitrogens with one attached hydrogen (secondary N) is 1. The number of pyridine rings is 1. The van der Waals surface area contributed by atoms with Crippen molar-refractivity contribution in [3.63, 3.8) is 0 Å². The van der Waals surface area contributed by atoms with Crippen LogP contribution in [0.25, 0.3) is 0 Å². The van der Waals surface area contributed by atoms with Crippen molar-refractivity contribution in [2.45, 2.75) is 19.3 Å². The van der Waals surface area contributed by atoms with Crippen LogP contribution in [0.4, 0.5) is 5.69 Å². The van der Waals surface area contributed by atoms with Crippen molar-refractivity contribution < 1.29 is 19.1 Å². The highest BCUT2D eigenvalue weighted by molar-refractivity contribution is 6.05. The third-order valence-electron chi connectivity index (χ3n) is 5.56. The van der Waals surface area contributed by atoms with E-state index in [0.717, 1.165) is 29.7 Å². The van der Waals surface area contributed by atoms with Gasteiger partial charge in [-0.1, -0.05) is 18.2 Å². The second-order valence-corrected chi connectivity index (χ2v) is 7.77. The summed E-state index contributed by atoms with van der Waals surface area (Å²) in [6, 6.07) is 16.3. The Morgan fingerprint density at radius 1 is 1.03 bits per heavy atom. The van der Waals surface area contributed by atoms with Crippen LogP contribution in [-0.4, -0.2) is 48.3 Å². The number of hydrazone groups is 1. The number of hydrogen-bond donors (Lipinski definition) is 1. The molecular weight excluding hydrogens is 432 g/mol. The molecule has 8 heteroatoms. The third kappa shape index (κ3) is 5.23. The van der Waals surface area contributed by atoms with E-state index in [1.54, 1.807) is 38.6 Å². The monoisotopic (exact) mass is 458 g/mol. The van der Waals surface area contributed by atoms with Crippen LogP contribution in [0.3, 0.4) is 0 Å². The molecule has 0 radical (unpaired) electrons. The smallest absolute Gasteiger partial charge is 0.257 e. The maximum atomic E-state index is 13.1. The van der Waals surface area contributed by atoms with Gasteiger partial charge in [-0.05, 0) is 54.8 Å². The Balaban J connectivity index is 1.50. The number of ether oxygens (including phenoxy) is 2. The number of aromatic nitrogens is 1. The Labute approximate surface area is 198 Å². The van der Waals surface area contributed by atoms with Gasteiger partial charge in [0.05, 0.1) is 31.9 Å². The molecule has 2 aromatic carbocycles. The molecule has 2 heterocycles. The fraction of sp³-hybridized carbons (Fsp3) is 0.231. The molecule has 0 saturated heterocycles. The Bertz CT molecular complexity index is 1210. The fourth-order valence-corrected chi connectivity index (χ4v) is 3.78. The van der Waals surface area contributed by atoms with Crippen LogP contribution in [0.2, 0.25) is 0 Å². The molecule has 0 unspecified atom stereocenters. The van der Waals surface area contributed by atoms with Crippen LogP contribution >= 0.6 is 0 Å². The molecule has 174 valence electrons. The largest absolute Gasteiger partial charge is 0.493 e. The number of carbonyl (C=O) groups is 2. The van der Waals surface area contributed by atoms with Gasteiger partial charge in [0.2, 0.25) is 5.91 Å². The molecule has 34 heavy (non-hydrogen) atoms. The van der Waals surface area contributed by atoms with E-state index in [4.69, 9.17) is 9.47 Å². The predicted molar refractivity (Wildman–Crippen MR) is 129 cm³/mol. The van der Waals surface area contributed by atoms with Gasteiger partial charge in [0.25, 0.3) is 5.91 Å². The highest BCUT2D eigenvalue weighted by Crippen LogP contribution is 2.29. The first-order valence-corrected chi connectivity index (χ1v) is 11.0. The first-order chi connectivity index (χ1) is 16.6. The van der Waals surface area contributed by atoms with Gasteiger partial charge < -0.3 is 14.8 Å². The van der Waals surface area contributed by atoms with Crippen LogP contribution in [-0.2, 0) is 11.2 Å². The predicted octanol–water partition coefficient (Wildman–Crippen LogP) is 3.92. The van der Waals surface area contributed by atoms with Crippen LogP contribution in [0.5, 0.6) is 11.5 Å². The van der Waals surface area contributed by atoms with E-state index >= 15 is 0 Å². The highest BCUT2D eigenvalue weighted by Gasteiger charge is 2.21. The molecule has 1 aliphatic rings. The Morgan fingerprint density at radius 3 is 2.62 bits per heavy atom. The number of benzene rings is 2. The minimum atomic E-state index is -0.278. The van der Waals surface area contributed by atoms with Gasteiger partial charge >= 0.3 is 0 Å². The van der Waals surface area contributed by atoms with Gasteiger partial charge in [0.1, 0.15) is 0 Å². The zero-order chi connectivity index (χ0) is 23.9. The first-order valence-electron chi connectivity index (χ1n) is 11.0. The molecule has 1 aromatic heterocycles. The molecule has 2 amide bonds. The van der Waals surface area contributed by atoms with Crippen LogP contribution in [0, 0.1) is 0 Å². The molecule has 0 bridgehead atoms. The van der Waals surface area contributed by atoms with Crippen molar-refractivity contribution in [2.75, 3.05) is 26.1 Å². The van der Waals surface area contributed by atoms with Crippen molar-refractivity contribution in [1.29, 1.82) is 0 Å². The number of hydrogen-bond acceptors (Lipinski definition) is 6. The summed E-state index contributed by atoms with van der Waals surface area (Å²) in [6.45, 7) is 0.542. The Morgan fingerprint density at radius 2 is 1.85 bits per heavy atom. The quantitative estimate of drug-likeness (QED) is 0.579. The number of methoxy groups -OCH3 is 2. The van der Waals surface area contributed by atoms with E-state index in [0.29, 0.717) is 29.3 Å². The van der Waals surface area contributed by atoms with Gasteiger partial charge in [0.15, 0.2) is 11.5 Å². The van der Waals surface area contributed by atoms with E-state index in [1.165, 1.54) is 11.2 Å². The molecule has 0 fully saturated rings. The van der Waals surface area contributed by atoms with E-state index in [2.05, 4.69) is 15.4 Å². The van der Waals surface area contributed by atoms with Crippen LogP contribution < -0.4 is 14.8 Å². The standard InChI is InChI=1S/C26H26N4O4/c1-33-23-12-11-19(15-24(23)34-2)22-10-6-14-30(29-22)25(31)16-18-7-3-4-9-21(18)28-26(32)20-8-5-13-27-17-20/h3-5,7-9,11-13,15,17H,6,10,14,16H2,1-2H3,(H,28,32). The number of carbonyl (C=O) groups excluding carboxylic acids is 2. The molecule has 0 spiro atoms. The number of rotatable bonds is 7. The van der Waals surface area contributed by atoms with Crippen molar-refractivity contribution in [1.82, 2.24) is 9.99 Å². The molecule has 0 aliphatic carbocycles. The summed E-state index contributed by atoms with van der Waals surface area (Å²) in [6.07, 6.45) is 4.79. The number of anilines is 1. The third-order valence-corrected chi connectivity index (χ3v) is 5.56. The Hall–Kier alpha value is -4.20. The zero-order valence-corrected chi connectivity index (χ0v) is 19.2. The summed E-state index contributed by atoms with van der Waals surface area (Å²) in [5.41, 5.74) is 3.46. The minimum absolute atomic E-state index is 0.117. The number of amides is 2. The summed E-state index contributed by atoms with van der Waals surface area (Å²) in [4.78, 5) is 29.7. The van der Waals surface area contributed by atoms with Crippen molar-refractivity contribution in [2.24, 2.45) is 5.10 Å². The average Bonchev–Trinajstić information content (AvgIpc) is 2.89. The molecule has 0 atom stereocenters. The van der Waals surface area contributed by atoms with Gasteiger partial charge in [0, 0.05) is 30.2 Å². The highest BCUT2D eigenvalue weighted by atomic mass is 16.5. The Kier molecular flexibility index (Phi) is 7.17. The van der Waals surface area contributed by atoms with E-state index in [9.17, 15) is 9.59 Å². The molecule has 0 saturated carbocycles. The molecule has 3 aromatic rings. The second kappa shape index (κ2) is 10.6. The van der Waals surface area contributed by atoms with E-state index in [1.807, 2.05) is 36.4 Å². The van der Waals surface area contributed by atoms with Crippen molar-refractivity contribution in [3.05, 3.63) is 83.7 Å². The maximum absolute atomic E-state index is 13.1. The van der Waals surface area contributed by atoms with Crippen LogP contribution in [0.15, 0.2) is 72.1 Å². The maximum Gasteiger partial charge on any atom is 0.257 e. The minimum Gasteiger partial charge on any atom is -0.493 e. The summed E-state index contributed by atoms with van der Waals surface area (Å²) in [5, 5.41) is 9.02. The SMILES string of the molecule is COc1ccc(C2=NN(C(=O)Cc3ccccc3NC(=O)c3cccnc3)CCC2)cc1OC. The number of nitrogens with zero attached hydrogens (tertiary/aromatic N) is 3. The van der Waals surface area contributed by atoms with E-state index < -0.39 is 0 Å². The van der Waals surface area contributed by atoms with Gasteiger partial charge in [-0.2, -0.15) is 5.10 Å². The van der Waals surface area contributed by atoms with Gasteiger partial charge in [-0.15, -0.1) is 0 Å². The summed E-state index contributed by atoms with van der Waals surface area (Å²) in [7, 11) is 3.18. The summed E-state index contributed by atoms with van der Waals surface area (Å²) >= 11 is 0. The zero-order valence-electron chi connectivity index (χ0n) is 19.2. The number of para-hydroxylation sites is 1. The first kappa shape index (κ1) is 23.0. The topological polar surface area (TPSA) is 93.1 Å². The molecule has 4 rings (SSSR count). The fourth-order valence-electron chi connectivity index (χ4n) is 3.78. The average molecular weight is 459 g/mol. The van der Waals surface area contributed by atoms with E-state index in [-0.39, 0.29) is 18.2 Å². The van der Waals surface area contributed by atoms with Crippen molar-refractivity contribution >= 4 is 23.2 Å². The lowest BCUT2D eigenvalue weighted by Crippen LogP contribution is -2.33. The molecular formula is C26H26N4O4. The lowest BCUT2D eigenvalue weighted by atomic mass is 10.0. The summed E-state index contributed by atoms with van der Waals surface area (Å²) in [5.74, 6) is 0.838. The molecule has 1 aliphatic heterocycles. The normalized spacial score (nSPS) is 13.1. The molecule has 1 N–H and O–H groups in total.